The first-order valence-corrected chi connectivity index (χ1v) is 4.56. The Kier molecular flexibility index (Phi) is 3.37. The van der Waals surface area contributed by atoms with Gasteiger partial charge in [-0.15, -0.1) is 0 Å². The van der Waals surface area contributed by atoms with Crippen LogP contribution in [0.2, 0.25) is 0 Å². The van der Waals surface area contributed by atoms with Gasteiger partial charge in [-0.25, -0.2) is 9.97 Å². The summed E-state index contributed by atoms with van der Waals surface area (Å²) >= 11 is 0. The van der Waals surface area contributed by atoms with E-state index in [1.807, 2.05) is 26.4 Å². The molecule has 1 aromatic heterocycles. The molecule has 0 saturated carbocycles. The molecule has 3 nitrogen and oxygen atoms in total. The fraction of sp³-hybridized carbons (Fsp3) is 0.600. The average molecular weight is 179 g/mol. The molecule has 0 saturated heterocycles. The molecule has 0 amide bonds. The summed E-state index contributed by atoms with van der Waals surface area (Å²) in [7, 11) is 4.04. The highest BCUT2D eigenvalue weighted by molar-refractivity contribution is 5.06. The zero-order valence-corrected chi connectivity index (χ0v) is 8.78. The lowest BCUT2D eigenvalue weighted by atomic mass is 10.1. The third kappa shape index (κ3) is 3.11. The molecule has 0 atom stereocenters. The van der Waals surface area contributed by atoms with Gasteiger partial charge in [0.1, 0.15) is 5.82 Å². The van der Waals surface area contributed by atoms with Crippen molar-refractivity contribution in [3.05, 3.63) is 23.8 Å². The summed E-state index contributed by atoms with van der Waals surface area (Å²) < 4.78 is 0. The van der Waals surface area contributed by atoms with Crippen LogP contribution >= 0.6 is 0 Å². The third-order valence-corrected chi connectivity index (χ3v) is 1.78. The van der Waals surface area contributed by atoms with Gasteiger partial charge in [-0.3, -0.25) is 0 Å². The third-order valence-electron chi connectivity index (χ3n) is 1.78. The number of nitrogens with zero attached hydrogens (tertiary/aromatic N) is 3. The molecule has 0 aromatic carbocycles. The Morgan fingerprint density at radius 2 is 2.08 bits per heavy atom. The molecule has 0 aliphatic rings. The van der Waals surface area contributed by atoms with E-state index in [-0.39, 0.29) is 0 Å². The van der Waals surface area contributed by atoms with Crippen LogP contribution in [0, 0.1) is 0 Å². The van der Waals surface area contributed by atoms with Crippen LogP contribution in [0.15, 0.2) is 12.3 Å². The fourth-order valence-corrected chi connectivity index (χ4v) is 1.10. The summed E-state index contributed by atoms with van der Waals surface area (Å²) in [6, 6.07) is 1.98. The second-order valence-electron chi connectivity index (χ2n) is 3.79. The Labute approximate surface area is 79.8 Å². The van der Waals surface area contributed by atoms with Gasteiger partial charge in [-0.1, -0.05) is 13.8 Å². The Morgan fingerprint density at radius 1 is 1.38 bits per heavy atom. The van der Waals surface area contributed by atoms with Crippen molar-refractivity contribution in [2.24, 2.45) is 0 Å². The SMILES string of the molecule is CC(C)c1ccnc(CN(C)C)n1. The molecule has 0 bridgehead atoms. The van der Waals surface area contributed by atoms with Crippen molar-refractivity contribution in [3.63, 3.8) is 0 Å². The molecule has 0 aliphatic carbocycles. The van der Waals surface area contributed by atoms with Gasteiger partial charge in [-0.05, 0) is 26.1 Å². The maximum absolute atomic E-state index is 4.46. The summed E-state index contributed by atoms with van der Waals surface area (Å²) in [6.07, 6.45) is 1.83. The number of aromatic nitrogens is 2. The lowest BCUT2D eigenvalue weighted by Gasteiger charge is -2.10. The van der Waals surface area contributed by atoms with E-state index in [4.69, 9.17) is 0 Å². The average Bonchev–Trinajstić information content (AvgIpc) is 2.03. The molecule has 0 aliphatic heterocycles. The summed E-state index contributed by atoms with van der Waals surface area (Å²) in [5.41, 5.74) is 1.12. The van der Waals surface area contributed by atoms with E-state index >= 15 is 0 Å². The van der Waals surface area contributed by atoms with E-state index in [1.165, 1.54) is 0 Å². The molecule has 1 heterocycles. The summed E-state index contributed by atoms with van der Waals surface area (Å²) in [5.74, 6) is 1.38. The molecule has 1 rings (SSSR count). The predicted molar refractivity (Wildman–Crippen MR) is 53.5 cm³/mol. The van der Waals surface area contributed by atoms with Crippen LogP contribution < -0.4 is 0 Å². The van der Waals surface area contributed by atoms with Crippen molar-refractivity contribution < 1.29 is 0 Å². The minimum absolute atomic E-state index is 0.476. The normalized spacial score (nSPS) is 11.2. The van der Waals surface area contributed by atoms with Gasteiger partial charge in [0.15, 0.2) is 0 Å². The molecule has 0 unspecified atom stereocenters. The highest BCUT2D eigenvalue weighted by Gasteiger charge is 2.03. The minimum atomic E-state index is 0.476. The monoisotopic (exact) mass is 179 g/mol. The second kappa shape index (κ2) is 4.33. The summed E-state index contributed by atoms with van der Waals surface area (Å²) in [5, 5.41) is 0. The highest BCUT2D eigenvalue weighted by Crippen LogP contribution is 2.10. The van der Waals surface area contributed by atoms with Gasteiger partial charge >= 0.3 is 0 Å². The molecule has 0 N–H and O–H groups in total. The first kappa shape index (κ1) is 10.1. The Bertz CT molecular complexity index is 269. The van der Waals surface area contributed by atoms with Crippen LogP contribution in [0.1, 0.15) is 31.3 Å². The van der Waals surface area contributed by atoms with Gasteiger partial charge in [0.25, 0.3) is 0 Å². The highest BCUT2D eigenvalue weighted by atomic mass is 15.1. The smallest absolute Gasteiger partial charge is 0.142 e. The number of rotatable bonds is 3. The van der Waals surface area contributed by atoms with Gasteiger partial charge in [0.05, 0.1) is 6.54 Å². The minimum Gasteiger partial charge on any atom is -0.302 e. The van der Waals surface area contributed by atoms with Crippen LogP contribution in [0.5, 0.6) is 0 Å². The van der Waals surface area contributed by atoms with Crippen molar-refractivity contribution in [2.75, 3.05) is 14.1 Å². The molecule has 72 valence electrons. The van der Waals surface area contributed by atoms with Gasteiger partial charge in [0, 0.05) is 11.9 Å². The Morgan fingerprint density at radius 3 is 2.62 bits per heavy atom. The lowest BCUT2D eigenvalue weighted by Crippen LogP contribution is -2.14. The molecule has 3 heteroatoms. The Balaban J connectivity index is 2.79. The molecule has 0 fully saturated rings. The van der Waals surface area contributed by atoms with Crippen molar-refractivity contribution in [2.45, 2.75) is 26.3 Å². The van der Waals surface area contributed by atoms with Crippen molar-refractivity contribution in [1.29, 1.82) is 0 Å². The van der Waals surface area contributed by atoms with Gasteiger partial charge in [0.2, 0.25) is 0 Å². The summed E-state index contributed by atoms with van der Waals surface area (Å²) in [4.78, 5) is 10.7. The van der Waals surface area contributed by atoms with Gasteiger partial charge in [-0.2, -0.15) is 0 Å². The zero-order valence-electron chi connectivity index (χ0n) is 8.78. The largest absolute Gasteiger partial charge is 0.302 e. The topological polar surface area (TPSA) is 29.0 Å². The molecular formula is C10H17N3. The van der Waals surface area contributed by atoms with Crippen LogP contribution in [0.4, 0.5) is 0 Å². The lowest BCUT2D eigenvalue weighted by molar-refractivity contribution is 0.389. The Hall–Kier alpha value is -0.960. The fourth-order valence-electron chi connectivity index (χ4n) is 1.10. The van der Waals surface area contributed by atoms with Crippen LogP contribution in [-0.4, -0.2) is 29.0 Å². The van der Waals surface area contributed by atoms with Gasteiger partial charge < -0.3 is 4.90 Å². The number of hydrogen-bond acceptors (Lipinski definition) is 3. The van der Waals surface area contributed by atoms with Crippen LogP contribution in [-0.2, 0) is 6.54 Å². The van der Waals surface area contributed by atoms with E-state index in [1.54, 1.807) is 0 Å². The van der Waals surface area contributed by atoms with E-state index in [0.29, 0.717) is 5.92 Å². The molecule has 1 aromatic rings. The summed E-state index contributed by atoms with van der Waals surface area (Å²) in [6.45, 7) is 5.09. The van der Waals surface area contributed by atoms with E-state index < -0.39 is 0 Å². The van der Waals surface area contributed by atoms with E-state index in [2.05, 4.69) is 28.7 Å². The van der Waals surface area contributed by atoms with E-state index in [9.17, 15) is 0 Å². The molecular weight excluding hydrogens is 162 g/mol. The first-order valence-electron chi connectivity index (χ1n) is 4.56. The maximum Gasteiger partial charge on any atom is 0.142 e. The molecule has 13 heavy (non-hydrogen) atoms. The second-order valence-corrected chi connectivity index (χ2v) is 3.79. The molecule has 0 radical (unpaired) electrons. The van der Waals surface area contributed by atoms with Crippen LogP contribution in [0.25, 0.3) is 0 Å². The van der Waals surface area contributed by atoms with E-state index in [0.717, 1.165) is 18.1 Å². The van der Waals surface area contributed by atoms with Crippen molar-refractivity contribution in [1.82, 2.24) is 14.9 Å². The predicted octanol–water partition coefficient (Wildman–Crippen LogP) is 1.66. The standard InChI is InChI=1S/C10H17N3/c1-8(2)9-5-6-11-10(12-9)7-13(3)4/h5-6,8H,7H2,1-4H3. The first-order chi connectivity index (χ1) is 6.09. The zero-order chi connectivity index (χ0) is 9.84. The maximum atomic E-state index is 4.46. The van der Waals surface area contributed by atoms with Crippen LogP contribution in [0.3, 0.4) is 0 Å². The van der Waals surface area contributed by atoms with Crippen molar-refractivity contribution >= 4 is 0 Å². The quantitative estimate of drug-likeness (QED) is 0.706. The number of hydrogen-bond donors (Lipinski definition) is 0. The molecule has 0 spiro atoms. The van der Waals surface area contributed by atoms with Crippen molar-refractivity contribution in [3.8, 4) is 0 Å².